The van der Waals surface area contributed by atoms with E-state index in [9.17, 15) is 9.59 Å². The number of fused-ring (bicyclic) bond motifs is 1. The number of hydrogen-bond acceptors (Lipinski definition) is 4. The van der Waals surface area contributed by atoms with Crippen LogP contribution in [0.25, 0.3) is 11.2 Å². The molecule has 6 nitrogen and oxygen atoms in total. The van der Waals surface area contributed by atoms with Crippen LogP contribution in [0.2, 0.25) is 0 Å². The number of thioether (sulfide) groups is 1. The van der Waals surface area contributed by atoms with E-state index in [0.717, 1.165) is 23.6 Å². The number of aromatic nitrogens is 4. The number of benzene rings is 1. The van der Waals surface area contributed by atoms with E-state index in [1.807, 2.05) is 29.7 Å². The lowest BCUT2D eigenvalue weighted by Gasteiger charge is -2.08. The zero-order valence-electron chi connectivity index (χ0n) is 15.0. The van der Waals surface area contributed by atoms with Crippen LogP contribution in [0.4, 0.5) is 0 Å². The average Bonchev–Trinajstić information content (AvgIpc) is 2.98. The molecule has 0 unspecified atom stereocenters. The van der Waals surface area contributed by atoms with Gasteiger partial charge in [0.25, 0.3) is 5.56 Å². The van der Waals surface area contributed by atoms with Gasteiger partial charge in [0.2, 0.25) is 0 Å². The number of rotatable bonds is 7. The van der Waals surface area contributed by atoms with Gasteiger partial charge in [-0.1, -0.05) is 54.2 Å². The van der Waals surface area contributed by atoms with E-state index >= 15 is 0 Å². The van der Waals surface area contributed by atoms with E-state index in [-0.39, 0.29) is 0 Å². The number of aryl methyl sites for hydroxylation is 3. The fraction of sp³-hybridized carbons (Fsp3) is 0.316. The second-order valence-corrected chi connectivity index (χ2v) is 7.31. The number of aromatic amines is 1. The highest BCUT2D eigenvalue weighted by Crippen LogP contribution is 2.23. The Balaban J connectivity index is 1.96. The number of H-pyrrole nitrogens is 1. The highest BCUT2D eigenvalue weighted by atomic mass is 32.2. The predicted molar refractivity (Wildman–Crippen MR) is 106 cm³/mol. The Labute approximate surface area is 155 Å². The number of nitrogens with zero attached hydrogens (tertiary/aromatic N) is 3. The third-order valence-corrected chi connectivity index (χ3v) is 5.32. The van der Waals surface area contributed by atoms with Gasteiger partial charge in [0.05, 0.1) is 0 Å². The fourth-order valence-electron chi connectivity index (χ4n) is 2.81. The van der Waals surface area contributed by atoms with E-state index in [0.29, 0.717) is 23.5 Å². The van der Waals surface area contributed by atoms with Gasteiger partial charge < -0.3 is 4.57 Å². The standard InChI is InChI=1S/C19H22N4O2S/c1-13(2)12-26-19-20-16-15(17(24)21-18(25)22(16)3)23(19)11-7-10-14-8-5-4-6-9-14/h4-6,8-9H,1,7,10-12H2,2-3H3,(H,21,24,25). The van der Waals surface area contributed by atoms with Gasteiger partial charge in [0.1, 0.15) is 0 Å². The molecule has 0 saturated carbocycles. The molecule has 0 atom stereocenters. The summed E-state index contributed by atoms with van der Waals surface area (Å²) in [5.41, 5.74) is 2.31. The van der Waals surface area contributed by atoms with Crippen molar-refractivity contribution in [1.82, 2.24) is 19.1 Å². The number of hydrogen-bond donors (Lipinski definition) is 1. The molecule has 0 radical (unpaired) electrons. The Hall–Kier alpha value is -2.54. The average molecular weight is 370 g/mol. The van der Waals surface area contributed by atoms with Crippen LogP contribution in [0.1, 0.15) is 18.9 Å². The van der Waals surface area contributed by atoms with Crippen molar-refractivity contribution in [2.75, 3.05) is 5.75 Å². The lowest BCUT2D eigenvalue weighted by molar-refractivity contribution is 0.608. The van der Waals surface area contributed by atoms with Crippen LogP contribution in [0.3, 0.4) is 0 Å². The highest BCUT2D eigenvalue weighted by Gasteiger charge is 2.17. The summed E-state index contributed by atoms with van der Waals surface area (Å²) in [6, 6.07) is 10.2. The largest absolute Gasteiger partial charge is 0.329 e. The number of nitrogens with one attached hydrogen (secondary N) is 1. The van der Waals surface area contributed by atoms with Gasteiger partial charge in [0, 0.05) is 19.3 Å². The molecular formula is C19H22N4O2S. The van der Waals surface area contributed by atoms with Gasteiger partial charge in [0.15, 0.2) is 16.3 Å². The Bertz CT molecular complexity index is 1050. The predicted octanol–water partition coefficient (Wildman–Crippen LogP) is 2.72. The Morgan fingerprint density at radius 2 is 2.00 bits per heavy atom. The molecule has 0 spiro atoms. The Morgan fingerprint density at radius 1 is 1.27 bits per heavy atom. The molecule has 3 rings (SSSR count). The molecule has 0 amide bonds. The monoisotopic (exact) mass is 370 g/mol. The van der Waals surface area contributed by atoms with Gasteiger partial charge >= 0.3 is 5.69 Å². The van der Waals surface area contributed by atoms with Gasteiger partial charge in [-0.3, -0.25) is 14.3 Å². The molecule has 2 heterocycles. The van der Waals surface area contributed by atoms with Crippen LogP contribution in [0.5, 0.6) is 0 Å². The van der Waals surface area contributed by atoms with Crippen molar-refractivity contribution >= 4 is 22.9 Å². The van der Waals surface area contributed by atoms with Crippen molar-refractivity contribution in [3.05, 3.63) is 68.9 Å². The molecule has 0 aliphatic heterocycles. The van der Waals surface area contributed by atoms with Crippen LogP contribution in [0, 0.1) is 0 Å². The van der Waals surface area contributed by atoms with E-state index in [1.54, 1.807) is 7.05 Å². The van der Waals surface area contributed by atoms with E-state index in [1.165, 1.54) is 21.9 Å². The van der Waals surface area contributed by atoms with Crippen molar-refractivity contribution in [2.24, 2.45) is 7.05 Å². The zero-order valence-corrected chi connectivity index (χ0v) is 15.8. The maximum atomic E-state index is 12.4. The molecule has 3 aromatic rings. The molecule has 7 heteroatoms. The lowest BCUT2D eigenvalue weighted by Crippen LogP contribution is -2.29. The molecule has 0 fully saturated rings. The minimum atomic E-state index is -0.451. The maximum absolute atomic E-state index is 12.4. The summed E-state index contributed by atoms with van der Waals surface area (Å²) < 4.78 is 3.30. The first-order valence-electron chi connectivity index (χ1n) is 8.48. The second kappa shape index (κ2) is 7.78. The molecule has 0 aliphatic rings. The van der Waals surface area contributed by atoms with Gasteiger partial charge in [-0.05, 0) is 25.3 Å². The Kier molecular flexibility index (Phi) is 5.46. The molecule has 0 saturated heterocycles. The molecule has 1 aromatic carbocycles. The first-order chi connectivity index (χ1) is 12.5. The zero-order chi connectivity index (χ0) is 18.7. The topological polar surface area (TPSA) is 72.7 Å². The summed E-state index contributed by atoms with van der Waals surface area (Å²) in [6.45, 7) is 6.54. The molecule has 136 valence electrons. The minimum Gasteiger partial charge on any atom is -0.313 e. The third kappa shape index (κ3) is 3.83. The summed E-state index contributed by atoms with van der Waals surface area (Å²) in [5, 5.41) is 0.739. The Morgan fingerprint density at radius 3 is 2.69 bits per heavy atom. The molecule has 2 aromatic heterocycles. The quantitative estimate of drug-likeness (QED) is 0.513. The fourth-order valence-corrected chi connectivity index (χ4v) is 3.67. The van der Waals surface area contributed by atoms with E-state index in [4.69, 9.17) is 0 Å². The molecule has 1 N–H and O–H groups in total. The van der Waals surface area contributed by atoms with E-state index in [2.05, 4.69) is 28.7 Å². The van der Waals surface area contributed by atoms with E-state index < -0.39 is 11.2 Å². The first-order valence-corrected chi connectivity index (χ1v) is 9.46. The van der Waals surface area contributed by atoms with Crippen LogP contribution in [0.15, 0.2) is 57.2 Å². The van der Waals surface area contributed by atoms with Crippen molar-refractivity contribution in [3.63, 3.8) is 0 Å². The van der Waals surface area contributed by atoms with Crippen molar-refractivity contribution in [3.8, 4) is 0 Å². The van der Waals surface area contributed by atoms with Gasteiger partial charge in [-0.25, -0.2) is 9.78 Å². The lowest BCUT2D eigenvalue weighted by atomic mass is 10.1. The SMILES string of the molecule is C=C(C)CSc1nc2c(c(=O)[nH]c(=O)n2C)n1CCCc1ccccc1. The van der Waals surface area contributed by atoms with Crippen LogP contribution in [-0.4, -0.2) is 24.9 Å². The van der Waals surface area contributed by atoms with Gasteiger partial charge in [-0.15, -0.1) is 0 Å². The summed E-state index contributed by atoms with van der Waals surface area (Å²) >= 11 is 1.53. The first kappa shape index (κ1) is 18.3. The van der Waals surface area contributed by atoms with Crippen molar-refractivity contribution < 1.29 is 0 Å². The molecular weight excluding hydrogens is 348 g/mol. The maximum Gasteiger partial charge on any atom is 0.329 e. The van der Waals surface area contributed by atoms with Crippen molar-refractivity contribution in [2.45, 2.75) is 31.5 Å². The summed E-state index contributed by atoms with van der Waals surface area (Å²) in [4.78, 5) is 31.2. The van der Waals surface area contributed by atoms with Crippen LogP contribution < -0.4 is 11.2 Å². The summed E-state index contributed by atoms with van der Waals surface area (Å²) in [5.74, 6) is 0.716. The molecule has 26 heavy (non-hydrogen) atoms. The molecule has 0 aliphatic carbocycles. The summed E-state index contributed by atoms with van der Waals surface area (Å²) in [7, 11) is 1.62. The minimum absolute atomic E-state index is 0.391. The highest BCUT2D eigenvalue weighted by molar-refractivity contribution is 7.99. The normalized spacial score (nSPS) is 11.2. The second-order valence-electron chi connectivity index (χ2n) is 6.37. The molecule has 0 bridgehead atoms. The van der Waals surface area contributed by atoms with Crippen LogP contribution >= 0.6 is 11.8 Å². The third-order valence-electron chi connectivity index (χ3n) is 4.11. The van der Waals surface area contributed by atoms with Crippen LogP contribution in [-0.2, 0) is 20.0 Å². The number of imidazole rings is 1. The van der Waals surface area contributed by atoms with Gasteiger partial charge in [-0.2, -0.15) is 0 Å². The smallest absolute Gasteiger partial charge is 0.313 e. The van der Waals surface area contributed by atoms with Crippen molar-refractivity contribution in [1.29, 1.82) is 0 Å². The summed E-state index contributed by atoms with van der Waals surface area (Å²) in [6.07, 6.45) is 1.78.